The summed E-state index contributed by atoms with van der Waals surface area (Å²) in [5.74, 6) is -1.12. The normalized spacial score (nSPS) is 13.6. The number of rotatable bonds is 7. The zero-order valence-corrected chi connectivity index (χ0v) is 10.4. The summed E-state index contributed by atoms with van der Waals surface area (Å²) in [5, 5.41) is 10.6. The summed E-state index contributed by atoms with van der Waals surface area (Å²) in [6, 6.07) is 0.287. The first-order valence-electron chi connectivity index (χ1n) is 5.68. The van der Waals surface area contributed by atoms with Crippen LogP contribution in [0.15, 0.2) is 12.2 Å². The maximum atomic E-state index is 10.6. The van der Waals surface area contributed by atoms with Crippen LogP contribution in [0.5, 0.6) is 0 Å². The average Bonchev–Trinajstić information content (AvgIpc) is 2.21. The van der Waals surface area contributed by atoms with Crippen LogP contribution in [0.25, 0.3) is 0 Å². The maximum Gasteiger partial charge on any atom is 0.0902 e. The van der Waals surface area contributed by atoms with Crippen molar-refractivity contribution in [2.45, 2.75) is 40.2 Å². The third-order valence-electron chi connectivity index (χ3n) is 3.65. The molecule has 0 aromatic carbocycles. The van der Waals surface area contributed by atoms with Crippen molar-refractivity contribution < 1.29 is 14.4 Å². The third kappa shape index (κ3) is 3.34. The third-order valence-corrected chi connectivity index (χ3v) is 3.65. The first-order chi connectivity index (χ1) is 6.93. The average molecular weight is 213 g/mol. The number of carboxylic acid groups (broad SMARTS) is 1. The fourth-order valence-corrected chi connectivity index (χ4v) is 2.24. The fourth-order valence-electron chi connectivity index (χ4n) is 2.24. The maximum absolute atomic E-state index is 10.6. The first-order valence-corrected chi connectivity index (χ1v) is 5.68. The van der Waals surface area contributed by atoms with Crippen molar-refractivity contribution >= 4 is 5.97 Å². The Morgan fingerprint density at radius 1 is 1.27 bits per heavy atom. The van der Waals surface area contributed by atoms with E-state index >= 15 is 0 Å². The molecule has 0 aliphatic rings. The highest BCUT2D eigenvalue weighted by atomic mass is 16.4. The smallest absolute Gasteiger partial charge is 0.0902 e. The van der Waals surface area contributed by atoms with E-state index in [-0.39, 0.29) is 11.6 Å². The second-order valence-corrected chi connectivity index (χ2v) is 4.11. The van der Waals surface area contributed by atoms with Crippen LogP contribution in [-0.4, -0.2) is 36.1 Å². The van der Waals surface area contributed by atoms with Crippen molar-refractivity contribution in [2.75, 3.05) is 19.6 Å². The minimum Gasteiger partial charge on any atom is -0.545 e. The number of hydrogen-bond acceptors (Lipinski definition) is 2. The summed E-state index contributed by atoms with van der Waals surface area (Å²) in [4.78, 5) is 10.6. The highest BCUT2D eigenvalue weighted by Gasteiger charge is 2.28. The minimum atomic E-state index is -1.12. The molecule has 0 heterocycles. The number of carbonyl (C=O) groups is 1. The molecule has 15 heavy (non-hydrogen) atoms. The van der Waals surface area contributed by atoms with Crippen molar-refractivity contribution in [1.29, 1.82) is 0 Å². The number of carboxylic acids is 1. The van der Waals surface area contributed by atoms with Crippen LogP contribution < -0.4 is 5.11 Å². The van der Waals surface area contributed by atoms with Gasteiger partial charge in [0.15, 0.2) is 0 Å². The van der Waals surface area contributed by atoms with Gasteiger partial charge in [-0.15, -0.1) is 0 Å². The van der Waals surface area contributed by atoms with E-state index in [2.05, 4.69) is 34.3 Å². The molecule has 3 nitrogen and oxygen atoms in total. The topological polar surface area (TPSA) is 40.1 Å². The van der Waals surface area contributed by atoms with E-state index in [4.69, 9.17) is 0 Å². The van der Waals surface area contributed by atoms with Gasteiger partial charge in [-0.2, -0.15) is 0 Å². The fraction of sp³-hybridized carbons (Fsp3) is 0.750. The van der Waals surface area contributed by atoms with Crippen molar-refractivity contribution in [3.8, 4) is 0 Å². The molecule has 0 rings (SSSR count). The van der Waals surface area contributed by atoms with Gasteiger partial charge in [0.05, 0.1) is 31.6 Å². The van der Waals surface area contributed by atoms with Crippen LogP contribution in [-0.2, 0) is 4.79 Å². The standard InChI is InChI=1S/C12H23NO2/c1-6-13(7-2,8-3)11(5)9-10(4)12(14)15/h11H,4,6-9H2,1-3,5H3. The summed E-state index contributed by atoms with van der Waals surface area (Å²) >= 11 is 0. The van der Waals surface area contributed by atoms with Crippen LogP contribution in [0, 0.1) is 0 Å². The van der Waals surface area contributed by atoms with Gasteiger partial charge in [0, 0.05) is 6.42 Å². The Hall–Kier alpha value is -0.830. The van der Waals surface area contributed by atoms with Gasteiger partial charge in [0.2, 0.25) is 0 Å². The molecule has 0 radical (unpaired) electrons. The summed E-state index contributed by atoms with van der Waals surface area (Å²) in [5.41, 5.74) is 0.209. The van der Waals surface area contributed by atoms with Gasteiger partial charge < -0.3 is 14.4 Å². The Kier molecular flexibility index (Phi) is 5.58. The Balaban J connectivity index is 4.58. The summed E-state index contributed by atoms with van der Waals surface area (Å²) in [6.07, 6.45) is 0.512. The highest BCUT2D eigenvalue weighted by Crippen LogP contribution is 2.18. The van der Waals surface area contributed by atoms with E-state index in [0.717, 1.165) is 24.1 Å². The van der Waals surface area contributed by atoms with E-state index in [0.29, 0.717) is 6.42 Å². The molecular weight excluding hydrogens is 190 g/mol. The zero-order valence-electron chi connectivity index (χ0n) is 10.4. The molecule has 0 N–H and O–H groups in total. The lowest BCUT2D eigenvalue weighted by Gasteiger charge is -2.42. The van der Waals surface area contributed by atoms with E-state index in [1.54, 1.807) is 0 Å². The van der Waals surface area contributed by atoms with Gasteiger partial charge in [0.25, 0.3) is 0 Å². The predicted octanol–water partition coefficient (Wildman–Crippen LogP) is 0.948. The molecule has 0 spiro atoms. The van der Waals surface area contributed by atoms with Gasteiger partial charge in [-0.05, 0) is 33.3 Å². The lowest BCUT2D eigenvalue weighted by Crippen LogP contribution is -2.54. The molecule has 0 fully saturated rings. The van der Waals surface area contributed by atoms with Crippen molar-refractivity contribution in [1.82, 2.24) is 0 Å². The van der Waals surface area contributed by atoms with Crippen LogP contribution in [0.2, 0.25) is 0 Å². The number of aliphatic carboxylic acids is 1. The van der Waals surface area contributed by atoms with Gasteiger partial charge in [-0.3, -0.25) is 0 Å². The molecule has 0 saturated heterocycles. The minimum absolute atomic E-state index is 0.209. The molecular formula is C12H23NO2. The molecule has 0 aromatic rings. The van der Waals surface area contributed by atoms with E-state index in [9.17, 15) is 9.90 Å². The number of hydrogen-bond donors (Lipinski definition) is 0. The lowest BCUT2D eigenvalue weighted by atomic mass is 10.0. The molecule has 0 amide bonds. The molecule has 0 aromatic heterocycles. The molecule has 0 aliphatic heterocycles. The molecule has 0 aliphatic carbocycles. The number of nitrogens with zero attached hydrogens (tertiary/aromatic N) is 1. The Bertz CT molecular complexity index is 224. The summed E-state index contributed by atoms with van der Waals surface area (Å²) < 4.78 is 0.937. The molecule has 3 heteroatoms. The van der Waals surface area contributed by atoms with Crippen LogP contribution >= 0.6 is 0 Å². The van der Waals surface area contributed by atoms with Gasteiger partial charge >= 0.3 is 0 Å². The Morgan fingerprint density at radius 3 is 1.93 bits per heavy atom. The summed E-state index contributed by atoms with van der Waals surface area (Å²) in [7, 11) is 0. The van der Waals surface area contributed by atoms with Gasteiger partial charge in [0.1, 0.15) is 0 Å². The monoisotopic (exact) mass is 213 g/mol. The second-order valence-electron chi connectivity index (χ2n) is 4.11. The number of quaternary nitrogens is 1. The SMILES string of the molecule is C=C(CC(C)[N+](CC)(CC)CC)C(=O)[O-]. The lowest BCUT2D eigenvalue weighted by molar-refractivity contribution is -0.944. The molecule has 1 atom stereocenters. The predicted molar refractivity (Wildman–Crippen MR) is 60.1 cm³/mol. The van der Waals surface area contributed by atoms with Crippen molar-refractivity contribution in [3.05, 3.63) is 12.2 Å². The molecule has 0 bridgehead atoms. The molecule has 0 saturated carbocycles. The quantitative estimate of drug-likeness (QED) is 0.466. The Morgan fingerprint density at radius 2 is 1.67 bits per heavy atom. The highest BCUT2D eigenvalue weighted by molar-refractivity contribution is 5.83. The van der Waals surface area contributed by atoms with E-state index in [1.165, 1.54) is 0 Å². The van der Waals surface area contributed by atoms with Crippen molar-refractivity contribution in [2.24, 2.45) is 0 Å². The van der Waals surface area contributed by atoms with Crippen molar-refractivity contribution in [3.63, 3.8) is 0 Å². The van der Waals surface area contributed by atoms with Crippen LogP contribution in [0.3, 0.4) is 0 Å². The largest absolute Gasteiger partial charge is 0.545 e. The number of carbonyl (C=O) groups excluding carboxylic acids is 1. The van der Waals surface area contributed by atoms with E-state index < -0.39 is 5.97 Å². The van der Waals surface area contributed by atoms with Gasteiger partial charge in [-0.1, -0.05) is 6.58 Å². The van der Waals surface area contributed by atoms with Gasteiger partial charge in [-0.25, -0.2) is 0 Å². The molecule has 1 unspecified atom stereocenters. The molecule has 88 valence electrons. The van der Waals surface area contributed by atoms with E-state index in [1.807, 2.05) is 0 Å². The first kappa shape index (κ1) is 14.2. The zero-order chi connectivity index (χ0) is 12.1. The van der Waals surface area contributed by atoms with Crippen LogP contribution in [0.1, 0.15) is 34.1 Å². The second kappa shape index (κ2) is 5.91. The van der Waals surface area contributed by atoms with Crippen LogP contribution in [0.4, 0.5) is 0 Å². The summed E-state index contributed by atoms with van der Waals surface area (Å²) in [6.45, 7) is 15.1. The Labute approximate surface area is 93.0 Å².